The number of benzene rings is 3. The maximum atomic E-state index is 12.7. The molecule has 0 radical (unpaired) electrons. The Bertz CT molecular complexity index is 1400. The maximum Gasteiger partial charge on any atom is 0.323 e. The number of ketones is 1. The van der Waals surface area contributed by atoms with Crippen LogP contribution in [0.2, 0.25) is 0 Å². The number of carboxylic acid groups (broad SMARTS) is 1. The maximum absolute atomic E-state index is 12.7. The van der Waals surface area contributed by atoms with Crippen LogP contribution in [0.1, 0.15) is 80.6 Å². The number of carbonyl (C=O) groups is 3. The lowest BCUT2D eigenvalue weighted by Gasteiger charge is -2.28. The molecular weight excluding hydrogens is 528 g/mol. The SMILES string of the molecule is CC(=O)c1ccc(-c2ccccc2C)cc1NC(=O)Nc1c(C)cc(C)cc1C.CC[C@H](C(=O)O)[C@@H](C)OC(C)(C)C. The van der Waals surface area contributed by atoms with Crippen molar-refractivity contribution in [2.45, 2.75) is 87.4 Å². The van der Waals surface area contributed by atoms with Crippen molar-refractivity contribution in [2.24, 2.45) is 5.92 Å². The van der Waals surface area contributed by atoms with Crippen molar-refractivity contribution in [3.63, 3.8) is 0 Å². The number of aliphatic carboxylic acids is 1. The largest absolute Gasteiger partial charge is 0.481 e. The number of anilines is 2. The number of ether oxygens (including phenoxy) is 1. The highest BCUT2D eigenvalue weighted by Gasteiger charge is 2.27. The fraction of sp³-hybridized carbons (Fsp3) is 0.400. The van der Waals surface area contributed by atoms with Crippen LogP contribution in [0, 0.1) is 33.6 Å². The van der Waals surface area contributed by atoms with Crippen LogP contribution < -0.4 is 10.6 Å². The summed E-state index contributed by atoms with van der Waals surface area (Å²) in [5.41, 5.74) is 7.78. The Kier molecular flexibility index (Phi) is 12.0. The monoisotopic (exact) mass is 574 g/mol. The van der Waals surface area contributed by atoms with E-state index in [2.05, 4.69) is 10.6 Å². The minimum atomic E-state index is -0.778. The summed E-state index contributed by atoms with van der Waals surface area (Å²) in [6, 6.07) is 17.3. The number of Topliss-reactive ketones (excluding diaryl/α,β-unsaturated/α-hetero) is 1. The molecule has 0 aliphatic rings. The first-order chi connectivity index (χ1) is 19.5. The summed E-state index contributed by atoms with van der Waals surface area (Å²) in [6.45, 7) is 19.0. The zero-order chi connectivity index (χ0) is 31.8. The standard InChI is InChI=1S/C25H26N2O2.C10H20O3/c1-15-12-17(3)24(18(4)13-15)27-25(29)26-23-14-20(10-11-22(23)19(5)28)21-9-7-6-8-16(21)2;1-6-8(9(11)12)7(2)13-10(3,4)5/h6-14H,1-5H3,(H2,26,27,29);7-8H,6H2,1-5H3,(H,11,12)/t;7-,8+/m.1/s1. The van der Waals surface area contributed by atoms with E-state index < -0.39 is 11.9 Å². The van der Waals surface area contributed by atoms with Gasteiger partial charge in [0.25, 0.3) is 0 Å². The molecule has 3 aromatic rings. The van der Waals surface area contributed by atoms with Gasteiger partial charge in [0.1, 0.15) is 0 Å². The lowest BCUT2D eigenvalue weighted by molar-refractivity contribution is -0.152. The van der Waals surface area contributed by atoms with E-state index in [4.69, 9.17) is 9.84 Å². The van der Waals surface area contributed by atoms with Crippen LogP contribution >= 0.6 is 0 Å². The van der Waals surface area contributed by atoms with Gasteiger partial charge in [0.15, 0.2) is 5.78 Å². The van der Waals surface area contributed by atoms with Crippen molar-refractivity contribution >= 4 is 29.2 Å². The van der Waals surface area contributed by atoms with Gasteiger partial charge in [-0.25, -0.2) is 4.79 Å². The summed E-state index contributed by atoms with van der Waals surface area (Å²) in [5, 5.41) is 14.7. The van der Waals surface area contributed by atoms with Crippen LogP contribution in [-0.4, -0.2) is 34.6 Å². The zero-order valence-corrected chi connectivity index (χ0v) is 26.6. The quantitative estimate of drug-likeness (QED) is 0.233. The van der Waals surface area contributed by atoms with Crippen molar-refractivity contribution in [1.82, 2.24) is 0 Å². The minimum absolute atomic E-state index is 0.0978. The van der Waals surface area contributed by atoms with Gasteiger partial charge in [-0.05, 0) is 109 Å². The first kappa shape index (κ1) is 34.2. The van der Waals surface area contributed by atoms with Crippen molar-refractivity contribution in [3.8, 4) is 11.1 Å². The highest BCUT2D eigenvalue weighted by atomic mass is 16.5. The molecule has 0 saturated heterocycles. The molecule has 0 saturated carbocycles. The number of nitrogens with one attached hydrogen (secondary N) is 2. The molecule has 3 N–H and O–H groups in total. The molecule has 0 aromatic heterocycles. The number of hydrogen-bond acceptors (Lipinski definition) is 4. The number of carbonyl (C=O) groups excluding carboxylic acids is 2. The first-order valence-electron chi connectivity index (χ1n) is 14.3. The van der Waals surface area contributed by atoms with Gasteiger partial charge in [-0.3, -0.25) is 9.59 Å². The van der Waals surface area contributed by atoms with Gasteiger partial charge in [0, 0.05) is 11.3 Å². The van der Waals surface area contributed by atoms with Crippen LogP contribution in [0.4, 0.5) is 16.2 Å². The molecule has 0 heterocycles. The number of rotatable bonds is 8. The van der Waals surface area contributed by atoms with Gasteiger partial charge in [-0.2, -0.15) is 0 Å². The van der Waals surface area contributed by atoms with E-state index in [1.807, 2.05) is 111 Å². The van der Waals surface area contributed by atoms with Gasteiger partial charge in [-0.1, -0.05) is 55.0 Å². The lowest BCUT2D eigenvalue weighted by Crippen LogP contribution is -2.34. The highest BCUT2D eigenvalue weighted by Crippen LogP contribution is 2.29. The summed E-state index contributed by atoms with van der Waals surface area (Å²) in [4.78, 5) is 35.6. The molecule has 0 spiro atoms. The smallest absolute Gasteiger partial charge is 0.323 e. The summed E-state index contributed by atoms with van der Waals surface area (Å²) in [7, 11) is 0. The Balaban J connectivity index is 0.000000401. The average molecular weight is 575 g/mol. The summed E-state index contributed by atoms with van der Waals surface area (Å²) >= 11 is 0. The molecule has 0 aliphatic heterocycles. The predicted molar refractivity (Wildman–Crippen MR) is 172 cm³/mol. The first-order valence-corrected chi connectivity index (χ1v) is 14.3. The van der Waals surface area contributed by atoms with Crippen LogP contribution in [0.3, 0.4) is 0 Å². The third-order valence-electron chi connectivity index (χ3n) is 6.88. The van der Waals surface area contributed by atoms with Crippen molar-refractivity contribution in [2.75, 3.05) is 10.6 Å². The average Bonchev–Trinajstić information content (AvgIpc) is 2.86. The predicted octanol–water partition coefficient (Wildman–Crippen LogP) is 8.73. The van der Waals surface area contributed by atoms with Crippen LogP contribution in [0.15, 0.2) is 54.6 Å². The third-order valence-corrected chi connectivity index (χ3v) is 6.88. The number of urea groups is 1. The summed E-state index contributed by atoms with van der Waals surface area (Å²) in [6.07, 6.45) is 0.370. The molecule has 0 bridgehead atoms. The minimum Gasteiger partial charge on any atom is -0.481 e. The van der Waals surface area contributed by atoms with Gasteiger partial charge in [0.05, 0.1) is 23.3 Å². The number of hydrogen-bond donors (Lipinski definition) is 3. The van der Waals surface area contributed by atoms with E-state index in [0.29, 0.717) is 17.7 Å². The van der Waals surface area contributed by atoms with Crippen LogP contribution in [-0.2, 0) is 9.53 Å². The lowest BCUT2D eigenvalue weighted by atomic mass is 9.97. The molecule has 7 heteroatoms. The molecule has 3 aromatic carbocycles. The fourth-order valence-electron chi connectivity index (χ4n) is 5.01. The van der Waals surface area contributed by atoms with Crippen molar-refractivity contribution in [3.05, 3.63) is 82.4 Å². The van der Waals surface area contributed by atoms with Crippen molar-refractivity contribution in [1.29, 1.82) is 0 Å². The van der Waals surface area contributed by atoms with E-state index in [1.165, 1.54) is 6.92 Å². The normalized spacial score (nSPS) is 12.4. The van der Waals surface area contributed by atoms with E-state index >= 15 is 0 Å². The molecule has 226 valence electrons. The Morgan fingerprint density at radius 3 is 1.98 bits per heavy atom. The second-order valence-corrected chi connectivity index (χ2v) is 11.8. The molecule has 0 unspecified atom stereocenters. The molecule has 2 atom stereocenters. The Labute approximate surface area is 250 Å². The van der Waals surface area contributed by atoms with E-state index in [1.54, 1.807) is 6.07 Å². The van der Waals surface area contributed by atoms with E-state index in [0.717, 1.165) is 39.1 Å². The van der Waals surface area contributed by atoms with E-state index in [-0.39, 0.29) is 23.5 Å². The second kappa shape index (κ2) is 14.8. The number of aryl methyl sites for hydroxylation is 4. The highest BCUT2D eigenvalue weighted by molar-refractivity contribution is 6.07. The fourth-order valence-corrected chi connectivity index (χ4v) is 5.01. The van der Waals surface area contributed by atoms with Crippen LogP contribution in [0.25, 0.3) is 11.1 Å². The molecular formula is C35H46N2O5. The Morgan fingerprint density at radius 2 is 1.48 bits per heavy atom. The van der Waals surface area contributed by atoms with Crippen molar-refractivity contribution < 1.29 is 24.2 Å². The third kappa shape index (κ3) is 9.84. The molecule has 0 aliphatic carbocycles. The van der Waals surface area contributed by atoms with E-state index in [9.17, 15) is 14.4 Å². The number of carboxylic acids is 1. The summed E-state index contributed by atoms with van der Waals surface area (Å²) < 4.78 is 5.57. The zero-order valence-electron chi connectivity index (χ0n) is 26.6. The Hall–Kier alpha value is -3.97. The molecule has 0 fully saturated rings. The molecule has 42 heavy (non-hydrogen) atoms. The van der Waals surface area contributed by atoms with Gasteiger partial charge in [-0.15, -0.1) is 0 Å². The van der Waals surface area contributed by atoms with Gasteiger partial charge in [0.2, 0.25) is 0 Å². The molecule has 3 rings (SSSR count). The summed E-state index contributed by atoms with van der Waals surface area (Å²) in [5.74, 6) is -1.28. The molecule has 2 amide bonds. The number of amides is 2. The van der Waals surface area contributed by atoms with Gasteiger partial charge < -0.3 is 20.5 Å². The topological polar surface area (TPSA) is 105 Å². The second-order valence-electron chi connectivity index (χ2n) is 11.8. The molecule has 7 nitrogen and oxygen atoms in total. The van der Waals surface area contributed by atoms with Gasteiger partial charge >= 0.3 is 12.0 Å². The van der Waals surface area contributed by atoms with Crippen LogP contribution in [0.5, 0.6) is 0 Å². The Morgan fingerprint density at radius 1 is 0.881 bits per heavy atom.